The van der Waals surface area contributed by atoms with Crippen molar-refractivity contribution in [2.24, 2.45) is 0 Å². The maximum absolute atomic E-state index is 11.9. The molecule has 0 radical (unpaired) electrons. The lowest BCUT2D eigenvalue weighted by molar-refractivity contribution is 0.0996. The average Bonchev–Trinajstić information content (AvgIpc) is 3.07. The molecule has 0 fully saturated rings. The minimum Gasteiger partial charge on any atom is -0.459 e. The number of hydrogen-bond donors (Lipinski definition) is 2. The van der Waals surface area contributed by atoms with Crippen LogP contribution in [0.5, 0.6) is 0 Å². The fourth-order valence-corrected chi connectivity index (χ4v) is 2.18. The Morgan fingerprint density at radius 1 is 1.22 bits per heavy atom. The predicted octanol–water partition coefficient (Wildman–Crippen LogP) is 4.63. The van der Waals surface area contributed by atoms with Crippen LogP contribution in [0, 0.1) is 6.92 Å². The average molecular weight is 328 g/mol. The number of benzene rings is 1. The van der Waals surface area contributed by atoms with Crippen LogP contribution in [0.3, 0.4) is 0 Å². The molecule has 5 nitrogen and oxygen atoms in total. The molecule has 2 N–H and O–H groups in total. The highest BCUT2D eigenvalue weighted by Gasteiger charge is 2.09. The standard InChI is InChI=1S/C17H14ClN3O2/c1-11-4-5-12(18)9-14(11)20-13-6-7-16(19-10-13)21-17(22)15-3-2-8-23-15/h2-10,20H,1H3,(H,19,21,22). The molecule has 0 aliphatic carbocycles. The molecule has 0 aliphatic rings. The summed E-state index contributed by atoms with van der Waals surface area (Å²) in [6.45, 7) is 1.99. The van der Waals surface area contributed by atoms with Gasteiger partial charge in [0.2, 0.25) is 0 Å². The lowest BCUT2D eigenvalue weighted by Gasteiger charge is -2.10. The van der Waals surface area contributed by atoms with Gasteiger partial charge in [-0.15, -0.1) is 0 Å². The van der Waals surface area contributed by atoms with Gasteiger partial charge in [0, 0.05) is 10.7 Å². The summed E-state index contributed by atoms with van der Waals surface area (Å²) in [6.07, 6.45) is 3.08. The zero-order chi connectivity index (χ0) is 16.2. The number of halogens is 1. The maximum atomic E-state index is 11.9. The summed E-state index contributed by atoms with van der Waals surface area (Å²) in [5, 5.41) is 6.57. The molecule has 0 saturated heterocycles. The van der Waals surface area contributed by atoms with Crippen LogP contribution < -0.4 is 10.6 Å². The molecule has 0 aliphatic heterocycles. The minimum absolute atomic E-state index is 0.239. The lowest BCUT2D eigenvalue weighted by atomic mass is 10.2. The van der Waals surface area contributed by atoms with E-state index in [1.54, 1.807) is 24.4 Å². The second kappa shape index (κ2) is 6.54. The molecule has 6 heteroatoms. The van der Waals surface area contributed by atoms with E-state index in [0.29, 0.717) is 10.8 Å². The molecular formula is C17H14ClN3O2. The van der Waals surface area contributed by atoms with Gasteiger partial charge in [-0.25, -0.2) is 4.98 Å². The molecule has 0 saturated carbocycles. The Bertz CT molecular complexity index is 814. The van der Waals surface area contributed by atoms with Gasteiger partial charge in [-0.1, -0.05) is 17.7 Å². The van der Waals surface area contributed by atoms with Crippen molar-refractivity contribution in [1.82, 2.24) is 4.98 Å². The molecule has 1 aromatic carbocycles. The molecule has 0 unspecified atom stereocenters. The van der Waals surface area contributed by atoms with Gasteiger partial charge in [0.05, 0.1) is 18.1 Å². The smallest absolute Gasteiger partial charge is 0.292 e. The molecule has 3 rings (SSSR count). The summed E-state index contributed by atoms with van der Waals surface area (Å²) in [7, 11) is 0. The van der Waals surface area contributed by atoms with Crippen LogP contribution >= 0.6 is 11.6 Å². The summed E-state index contributed by atoms with van der Waals surface area (Å²) < 4.78 is 5.03. The number of hydrogen-bond acceptors (Lipinski definition) is 4. The number of amides is 1. The van der Waals surface area contributed by atoms with Crippen LogP contribution in [-0.4, -0.2) is 10.9 Å². The van der Waals surface area contributed by atoms with E-state index in [1.165, 1.54) is 6.26 Å². The molecule has 0 bridgehead atoms. The summed E-state index contributed by atoms with van der Waals surface area (Å²) in [5.74, 6) is 0.345. The monoisotopic (exact) mass is 327 g/mol. The van der Waals surface area contributed by atoms with Crippen LogP contribution in [0.25, 0.3) is 0 Å². The van der Waals surface area contributed by atoms with Gasteiger partial charge in [0.1, 0.15) is 5.82 Å². The van der Waals surface area contributed by atoms with Gasteiger partial charge in [0.25, 0.3) is 5.91 Å². The molecule has 1 amide bonds. The van der Waals surface area contributed by atoms with E-state index in [0.717, 1.165) is 16.9 Å². The van der Waals surface area contributed by atoms with Crippen molar-refractivity contribution in [2.75, 3.05) is 10.6 Å². The van der Waals surface area contributed by atoms with Crippen LogP contribution in [0.4, 0.5) is 17.2 Å². The molecule has 3 aromatic rings. The fourth-order valence-electron chi connectivity index (χ4n) is 2.01. The number of furan rings is 1. The highest BCUT2D eigenvalue weighted by atomic mass is 35.5. The largest absolute Gasteiger partial charge is 0.459 e. The molecule has 23 heavy (non-hydrogen) atoms. The third-order valence-electron chi connectivity index (χ3n) is 3.23. The van der Waals surface area contributed by atoms with E-state index >= 15 is 0 Å². The SMILES string of the molecule is Cc1ccc(Cl)cc1Nc1ccc(NC(=O)c2ccco2)nc1. The van der Waals surface area contributed by atoms with Crippen LogP contribution in [0.1, 0.15) is 16.1 Å². The minimum atomic E-state index is -0.339. The van der Waals surface area contributed by atoms with Crippen LogP contribution in [-0.2, 0) is 0 Å². The second-order valence-corrected chi connectivity index (χ2v) is 5.38. The Hall–Kier alpha value is -2.79. The van der Waals surface area contributed by atoms with Crippen LogP contribution in [0.2, 0.25) is 5.02 Å². The normalized spacial score (nSPS) is 10.3. The molecule has 0 spiro atoms. The van der Waals surface area contributed by atoms with Gasteiger partial charge < -0.3 is 15.1 Å². The molecule has 116 valence electrons. The van der Waals surface area contributed by atoms with Gasteiger partial charge in [-0.05, 0) is 48.9 Å². The molecular weight excluding hydrogens is 314 g/mol. The van der Waals surface area contributed by atoms with Crippen molar-refractivity contribution in [3.05, 3.63) is 71.3 Å². The summed E-state index contributed by atoms with van der Waals surface area (Å²) in [4.78, 5) is 16.1. The number of aryl methyl sites for hydroxylation is 1. The number of carbonyl (C=O) groups is 1. The van der Waals surface area contributed by atoms with Crippen LogP contribution in [0.15, 0.2) is 59.3 Å². The second-order valence-electron chi connectivity index (χ2n) is 4.95. The Morgan fingerprint density at radius 3 is 2.78 bits per heavy atom. The maximum Gasteiger partial charge on any atom is 0.292 e. The Morgan fingerprint density at radius 2 is 2.09 bits per heavy atom. The highest BCUT2D eigenvalue weighted by Crippen LogP contribution is 2.24. The number of carbonyl (C=O) groups excluding carboxylic acids is 1. The van der Waals surface area contributed by atoms with E-state index in [1.807, 2.05) is 31.2 Å². The van der Waals surface area contributed by atoms with E-state index in [9.17, 15) is 4.79 Å². The third kappa shape index (κ3) is 3.70. The van der Waals surface area contributed by atoms with Gasteiger partial charge in [-0.3, -0.25) is 4.79 Å². The van der Waals surface area contributed by atoms with Gasteiger partial charge >= 0.3 is 0 Å². The van der Waals surface area contributed by atoms with Gasteiger partial charge in [0.15, 0.2) is 5.76 Å². The van der Waals surface area contributed by atoms with Gasteiger partial charge in [-0.2, -0.15) is 0 Å². The fraction of sp³-hybridized carbons (Fsp3) is 0.0588. The zero-order valence-corrected chi connectivity index (χ0v) is 13.1. The summed E-state index contributed by atoms with van der Waals surface area (Å²) >= 11 is 6.00. The number of aromatic nitrogens is 1. The Labute approximate surface area is 138 Å². The number of anilines is 3. The number of nitrogens with zero attached hydrogens (tertiary/aromatic N) is 1. The zero-order valence-electron chi connectivity index (χ0n) is 12.3. The molecule has 2 aromatic heterocycles. The lowest BCUT2D eigenvalue weighted by Crippen LogP contribution is -2.11. The number of pyridine rings is 1. The first-order valence-electron chi connectivity index (χ1n) is 6.96. The topological polar surface area (TPSA) is 67.2 Å². The summed E-state index contributed by atoms with van der Waals surface area (Å²) in [5.41, 5.74) is 2.78. The predicted molar refractivity (Wildman–Crippen MR) is 90.4 cm³/mol. The molecule has 2 heterocycles. The van der Waals surface area contributed by atoms with E-state index in [-0.39, 0.29) is 11.7 Å². The first-order valence-corrected chi connectivity index (χ1v) is 7.34. The van der Waals surface area contributed by atoms with Crippen molar-refractivity contribution < 1.29 is 9.21 Å². The Balaban J connectivity index is 1.70. The van der Waals surface area contributed by atoms with E-state index < -0.39 is 0 Å². The quantitative estimate of drug-likeness (QED) is 0.733. The number of rotatable bonds is 4. The first-order chi connectivity index (χ1) is 11.1. The summed E-state index contributed by atoms with van der Waals surface area (Å²) in [6, 6.07) is 12.4. The first kappa shape index (κ1) is 15.1. The van der Waals surface area contributed by atoms with Crippen molar-refractivity contribution in [3.8, 4) is 0 Å². The van der Waals surface area contributed by atoms with E-state index in [4.69, 9.17) is 16.0 Å². The van der Waals surface area contributed by atoms with Crippen molar-refractivity contribution in [3.63, 3.8) is 0 Å². The third-order valence-corrected chi connectivity index (χ3v) is 3.46. The highest BCUT2D eigenvalue weighted by molar-refractivity contribution is 6.30. The molecule has 0 atom stereocenters. The van der Waals surface area contributed by atoms with Crippen molar-refractivity contribution in [2.45, 2.75) is 6.92 Å². The van der Waals surface area contributed by atoms with E-state index in [2.05, 4.69) is 15.6 Å². The number of nitrogens with one attached hydrogen (secondary N) is 2. The Kier molecular flexibility index (Phi) is 4.30. The van der Waals surface area contributed by atoms with Crippen molar-refractivity contribution in [1.29, 1.82) is 0 Å². The van der Waals surface area contributed by atoms with Crippen molar-refractivity contribution >= 4 is 34.7 Å².